The number of fused-ring (bicyclic) bond motifs is 1. The van der Waals surface area contributed by atoms with Crippen molar-refractivity contribution in [2.75, 3.05) is 13.8 Å². The lowest BCUT2D eigenvalue weighted by Gasteiger charge is -2.28. The number of carbonyl (C=O) groups excluding carboxylic acids is 2. The Labute approximate surface area is 172 Å². The first-order valence-electron chi connectivity index (χ1n) is 9.12. The van der Waals surface area contributed by atoms with E-state index >= 15 is 0 Å². The van der Waals surface area contributed by atoms with Crippen LogP contribution < -0.4 is 14.8 Å². The van der Waals surface area contributed by atoms with E-state index in [0.29, 0.717) is 25.1 Å². The number of hydrogen-bond donors (Lipinski definition) is 1. The zero-order chi connectivity index (χ0) is 20.1. The molecule has 0 saturated heterocycles. The predicted octanol–water partition coefficient (Wildman–Crippen LogP) is 3.27. The van der Waals surface area contributed by atoms with Gasteiger partial charge in [0.1, 0.15) is 6.04 Å². The van der Waals surface area contributed by atoms with Gasteiger partial charge in [0.15, 0.2) is 11.5 Å². The van der Waals surface area contributed by atoms with Gasteiger partial charge in [0.2, 0.25) is 18.6 Å². The van der Waals surface area contributed by atoms with Gasteiger partial charge < -0.3 is 19.7 Å². The number of carbonyl (C=O) groups is 2. The second-order valence-corrected chi connectivity index (χ2v) is 7.54. The number of likely N-dealkylation sites (N-methyl/N-ethyl adjacent to an activating group) is 1. The number of rotatable bonds is 7. The van der Waals surface area contributed by atoms with Gasteiger partial charge in [0.25, 0.3) is 0 Å². The van der Waals surface area contributed by atoms with Crippen LogP contribution in [-0.4, -0.2) is 36.6 Å². The largest absolute Gasteiger partial charge is 0.454 e. The molecule has 0 spiro atoms. The third kappa shape index (κ3) is 4.84. The molecule has 148 valence electrons. The molecule has 2 amide bonds. The Morgan fingerprint density at radius 3 is 2.50 bits per heavy atom. The number of nitrogens with one attached hydrogen (secondary N) is 1. The molecule has 1 atom stereocenters. The van der Waals surface area contributed by atoms with Crippen molar-refractivity contribution < 1.29 is 19.1 Å². The van der Waals surface area contributed by atoms with Crippen LogP contribution in [0.3, 0.4) is 0 Å². The highest BCUT2D eigenvalue weighted by molar-refractivity contribution is 9.10. The van der Waals surface area contributed by atoms with E-state index in [1.807, 2.05) is 42.5 Å². The summed E-state index contributed by atoms with van der Waals surface area (Å²) in [6, 6.07) is 12.9. The molecule has 0 aliphatic carbocycles. The lowest BCUT2D eigenvalue weighted by Crippen LogP contribution is -2.46. The summed E-state index contributed by atoms with van der Waals surface area (Å²) < 4.78 is 11.7. The fourth-order valence-electron chi connectivity index (χ4n) is 3.07. The fourth-order valence-corrected chi connectivity index (χ4v) is 3.33. The number of hydrogen-bond acceptors (Lipinski definition) is 4. The first-order valence-corrected chi connectivity index (χ1v) is 9.91. The van der Waals surface area contributed by atoms with E-state index in [4.69, 9.17) is 9.47 Å². The molecular weight excluding hydrogens is 424 g/mol. The Morgan fingerprint density at radius 1 is 1.11 bits per heavy atom. The van der Waals surface area contributed by atoms with Crippen molar-refractivity contribution in [3.63, 3.8) is 0 Å². The number of aryl methyl sites for hydroxylation is 1. The molecule has 2 aromatic carbocycles. The zero-order valence-corrected chi connectivity index (χ0v) is 17.5. The van der Waals surface area contributed by atoms with Gasteiger partial charge in [-0.25, -0.2) is 0 Å². The number of halogens is 1. The zero-order valence-electron chi connectivity index (χ0n) is 15.9. The van der Waals surface area contributed by atoms with Gasteiger partial charge in [-0.3, -0.25) is 9.59 Å². The standard InChI is InChI=1S/C21H23BrN2O4/c1-14(21(26)23-2)24(12-16-3-7-17(22)8-4-16)20(25)10-6-15-5-9-18-19(11-15)28-13-27-18/h3-5,7-9,11,14H,6,10,12-13H2,1-2H3,(H,23,26)/t14-/m1/s1. The number of ether oxygens (including phenoxy) is 2. The molecule has 3 rings (SSSR count). The van der Waals surface area contributed by atoms with E-state index in [9.17, 15) is 9.59 Å². The van der Waals surface area contributed by atoms with Crippen LogP contribution >= 0.6 is 15.9 Å². The molecule has 28 heavy (non-hydrogen) atoms. The Morgan fingerprint density at radius 2 is 1.79 bits per heavy atom. The highest BCUT2D eigenvalue weighted by Gasteiger charge is 2.25. The molecule has 1 aliphatic heterocycles. The molecule has 2 aromatic rings. The summed E-state index contributed by atoms with van der Waals surface area (Å²) in [6.45, 7) is 2.35. The first-order chi connectivity index (χ1) is 13.5. The summed E-state index contributed by atoms with van der Waals surface area (Å²) >= 11 is 3.41. The van der Waals surface area contributed by atoms with Gasteiger partial charge in [-0.1, -0.05) is 34.1 Å². The summed E-state index contributed by atoms with van der Waals surface area (Å²) in [5, 5.41) is 2.63. The van der Waals surface area contributed by atoms with Gasteiger partial charge in [0, 0.05) is 24.5 Å². The van der Waals surface area contributed by atoms with E-state index in [1.54, 1.807) is 18.9 Å². The van der Waals surface area contributed by atoms with E-state index in [1.165, 1.54) is 0 Å². The third-order valence-electron chi connectivity index (χ3n) is 4.74. The Hall–Kier alpha value is -2.54. The summed E-state index contributed by atoms with van der Waals surface area (Å²) in [4.78, 5) is 26.7. The summed E-state index contributed by atoms with van der Waals surface area (Å²) in [5.41, 5.74) is 1.96. The second-order valence-electron chi connectivity index (χ2n) is 6.63. The average molecular weight is 447 g/mol. The number of nitrogens with zero attached hydrogens (tertiary/aromatic N) is 1. The van der Waals surface area contributed by atoms with Crippen molar-refractivity contribution in [3.8, 4) is 11.5 Å². The highest BCUT2D eigenvalue weighted by Crippen LogP contribution is 2.32. The van der Waals surface area contributed by atoms with Crippen LogP contribution in [0.1, 0.15) is 24.5 Å². The van der Waals surface area contributed by atoms with E-state index < -0.39 is 6.04 Å². The quantitative estimate of drug-likeness (QED) is 0.708. The van der Waals surface area contributed by atoms with Crippen molar-refractivity contribution >= 4 is 27.7 Å². The minimum atomic E-state index is -0.557. The van der Waals surface area contributed by atoms with Crippen LogP contribution in [-0.2, 0) is 22.6 Å². The van der Waals surface area contributed by atoms with Gasteiger partial charge >= 0.3 is 0 Å². The number of benzene rings is 2. The Balaban J connectivity index is 1.70. The first kappa shape index (κ1) is 20.2. The predicted molar refractivity (Wildman–Crippen MR) is 109 cm³/mol. The summed E-state index contributed by atoms with van der Waals surface area (Å²) in [6.07, 6.45) is 0.865. The van der Waals surface area contributed by atoms with E-state index in [0.717, 1.165) is 21.3 Å². The van der Waals surface area contributed by atoms with Crippen molar-refractivity contribution in [2.24, 2.45) is 0 Å². The lowest BCUT2D eigenvalue weighted by atomic mass is 10.1. The molecule has 0 bridgehead atoms. The topological polar surface area (TPSA) is 67.9 Å². The van der Waals surface area contributed by atoms with Crippen LogP contribution in [0.2, 0.25) is 0 Å². The maximum Gasteiger partial charge on any atom is 0.242 e. The van der Waals surface area contributed by atoms with Crippen molar-refractivity contribution in [1.29, 1.82) is 0 Å². The van der Waals surface area contributed by atoms with Crippen LogP contribution in [0.25, 0.3) is 0 Å². The van der Waals surface area contributed by atoms with Gasteiger partial charge in [-0.15, -0.1) is 0 Å². The molecule has 1 N–H and O–H groups in total. The van der Waals surface area contributed by atoms with Crippen molar-refractivity contribution in [3.05, 3.63) is 58.1 Å². The fraction of sp³-hybridized carbons (Fsp3) is 0.333. The molecule has 6 nitrogen and oxygen atoms in total. The molecule has 0 aromatic heterocycles. The number of amides is 2. The molecule has 0 unspecified atom stereocenters. The Bertz CT molecular complexity index is 854. The smallest absolute Gasteiger partial charge is 0.242 e. The van der Waals surface area contributed by atoms with Crippen LogP contribution in [0.15, 0.2) is 46.9 Å². The monoisotopic (exact) mass is 446 g/mol. The SMILES string of the molecule is CNC(=O)[C@@H](C)N(Cc1ccc(Br)cc1)C(=O)CCc1ccc2c(c1)OCO2. The summed E-state index contributed by atoms with van der Waals surface area (Å²) in [7, 11) is 1.58. The minimum absolute atomic E-state index is 0.0725. The van der Waals surface area contributed by atoms with Gasteiger partial charge in [-0.2, -0.15) is 0 Å². The molecule has 1 aliphatic rings. The van der Waals surface area contributed by atoms with E-state index in [-0.39, 0.29) is 18.6 Å². The maximum absolute atomic E-state index is 13.0. The third-order valence-corrected chi connectivity index (χ3v) is 5.27. The molecular formula is C21H23BrN2O4. The van der Waals surface area contributed by atoms with Crippen LogP contribution in [0, 0.1) is 0 Å². The highest BCUT2D eigenvalue weighted by atomic mass is 79.9. The minimum Gasteiger partial charge on any atom is -0.454 e. The summed E-state index contributed by atoms with van der Waals surface area (Å²) in [5.74, 6) is 1.17. The lowest BCUT2D eigenvalue weighted by molar-refractivity contribution is -0.140. The molecule has 1 heterocycles. The molecule has 0 radical (unpaired) electrons. The van der Waals surface area contributed by atoms with Crippen LogP contribution in [0.4, 0.5) is 0 Å². The van der Waals surface area contributed by atoms with Crippen molar-refractivity contribution in [2.45, 2.75) is 32.4 Å². The van der Waals surface area contributed by atoms with E-state index in [2.05, 4.69) is 21.2 Å². The normalized spacial score (nSPS) is 13.1. The average Bonchev–Trinajstić information content (AvgIpc) is 3.18. The maximum atomic E-state index is 13.0. The second kappa shape index (κ2) is 9.10. The Kier molecular flexibility index (Phi) is 6.57. The van der Waals surface area contributed by atoms with Gasteiger partial charge in [0.05, 0.1) is 0 Å². The molecule has 0 fully saturated rings. The van der Waals surface area contributed by atoms with Gasteiger partial charge in [-0.05, 0) is 48.7 Å². The van der Waals surface area contributed by atoms with Crippen LogP contribution in [0.5, 0.6) is 11.5 Å². The van der Waals surface area contributed by atoms with Crippen molar-refractivity contribution in [1.82, 2.24) is 10.2 Å². The molecule has 0 saturated carbocycles. The molecule has 7 heteroatoms.